The molecule has 0 spiro atoms. The van der Waals surface area contributed by atoms with Gasteiger partial charge in [0.25, 0.3) is 23.7 Å². The summed E-state index contributed by atoms with van der Waals surface area (Å²) in [6, 6.07) is 18.1. The van der Waals surface area contributed by atoms with Crippen LogP contribution in [0.5, 0.6) is 64.2 Å². The first kappa shape index (κ1) is 49.3. The number of hydrogen-bond acceptors (Lipinski definition) is 15. The first-order valence-electron chi connectivity index (χ1n) is 23.1. The highest BCUT2D eigenvalue weighted by molar-refractivity contribution is 6.91. The Balaban J connectivity index is 0.980. The summed E-state index contributed by atoms with van der Waals surface area (Å²) in [5.74, 6) is 2.26. The Morgan fingerprint density at radius 3 is 1.60 bits per heavy atom. The smallest absolute Gasteiger partial charge is 0.322 e. The van der Waals surface area contributed by atoms with Crippen molar-refractivity contribution in [3.63, 3.8) is 0 Å². The molecule has 2 amide bonds. The summed E-state index contributed by atoms with van der Waals surface area (Å²) in [7, 11) is 3.61. The standard InChI is InChI=1S/C51H60N4O13Si2/c1-29-27-31-15-13-25-69(8,9)45(31)43(59-4)41(29)67-37-21-19-35(65-37)47(56)52-39-33(58-3)17-12-18-34(39)63-23-24-64-44-42(30(2)28-32-16-14-26-70(10,11)46(32)44)68-38-22-20-36(66-38)48(57)53-40-49(60-5)54-51(62-7)55-50(40)61-6/h12,17-22,27-28H,13-16,23-26H2,1-11H3,(H,52,56)(H,53,57). The van der Waals surface area contributed by atoms with Crippen molar-refractivity contribution in [2.75, 3.05) is 59.4 Å². The maximum atomic E-state index is 13.8. The van der Waals surface area contributed by atoms with Gasteiger partial charge in [0.15, 0.2) is 40.2 Å². The Hall–Kier alpha value is -7.13. The fourth-order valence-corrected chi connectivity index (χ4v) is 15.9. The first-order chi connectivity index (χ1) is 33.6. The van der Waals surface area contributed by atoms with Crippen LogP contribution in [0.4, 0.5) is 11.4 Å². The van der Waals surface area contributed by atoms with Gasteiger partial charge in [-0.15, -0.1) is 0 Å². The second kappa shape index (κ2) is 20.5. The Morgan fingerprint density at radius 2 is 1.09 bits per heavy atom. The predicted octanol–water partition coefficient (Wildman–Crippen LogP) is 9.59. The van der Waals surface area contributed by atoms with E-state index >= 15 is 0 Å². The molecule has 0 fully saturated rings. The summed E-state index contributed by atoms with van der Waals surface area (Å²) in [5, 5.41) is 8.06. The van der Waals surface area contributed by atoms with Gasteiger partial charge in [-0.25, -0.2) is 0 Å². The fourth-order valence-electron chi connectivity index (χ4n) is 9.49. The number of para-hydroxylation sites is 1. The lowest BCUT2D eigenvalue weighted by molar-refractivity contribution is 0.0984. The maximum absolute atomic E-state index is 13.8. The molecule has 0 bridgehead atoms. The molecule has 0 aliphatic carbocycles. The van der Waals surface area contributed by atoms with Gasteiger partial charge in [-0.1, -0.05) is 69.3 Å². The number of ether oxygens (including phenoxy) is 9. The number of amides is 2. The van der Waals surface area contributed by atoms with E-state index in [0.29, 0.717) is 34.4 Å². The van der Waals surface area contributed by atoms with Crippen LogP contribution in [0.25, 0.3) is 0 Å². The highest BCUT2D eigenvalue weighted by atomic mass is 28.3. The predicted molar refractivity (Wildman–Crippen MR) is 269 cm³/mol. The number of carbonyl (C=O) groups is 2. The van der Waals surface area contributed by atoms with E-state index in [4.69, 9.17) is 51.5 Å². The molecule has 2 N–H and O–H groups in total. The summed E-state index contributed by atoms with van der Waals surface area (Å²) in [4.78, 5) is 35.6. The molecule has 3 aromatic carbocycles. The molecule has 2 aliphatic rings. The molecular weight excluding hydrogens is 933 g/mol. The van der Waals surface area contributed by atoms with Crippen LogP contribution in [-0.2, 0) is 12.8 Å². The van der Waals surface area contributed by atoms with Crippen molar-refractivity contribution in [3.05, 3.63) is 88.4 Å². The van der Waals surface area contributed by atoms with Gasteiger partial charge in [0.05, 0.1) is 51.7 Å². The second-order valence-corrected chi connectivity index (χ2v) is 28.0. The zero-order valence-electron chi connectivity index (χ0n) is 41.6. The van der Waals surface area contributed by atoms with E-state index in [2.05, 4.69) is 58.9 Å². The van der Waals surface area contributed by atoms with E-state index in [-0.39, 0.29) is 60.1 Å². The lowest BCUT2D eigenvalue weighted by Crippen LogP contribution is -2.47. The van der Waals surface area contributed by atoms with Crippen LogP contribution in [0, 0.1) is 13.8 Å². The van der Waals surface area contributed by atoms with E-state index < -0.39 is 28.0 Å². The number of furan rings is 2. The molecule has 5 heterocycles. The van der Waals surface area contributed by atoms with Gasteiger partial charge in [-0.3, -0.25) is 9.59 Å². The second-order valence-electron chi connectivity index (χ2n) is 18.4. The topological polar surface area (TPSA) is 193 Å². The Labute approximate surface area is 409 Å². The summed E-state index contributed by atoms with van der Waals surface area (Å²) in [6.45, 7) is 13.5. The Morgan fingerprint density at radius 1 is 0.586 bits per heavy atom. The summed E-state index contributed by atoms with van der Waals surface area (Å²) < 4.78 is 65.2. The number of carbonyl (C=O) groups excluding carboxylic acids is 2. The Bertz CT molecular complexity index is 2900. The molecule has 19 heteroatoms. The lowest BCUT2D eigenvalue weighted by atomic mass is 10.0. The average molecular weight is 993 g/mol. The zero-order chi connectivity index (χ0) is 49.9. The molecule has 0 atom stereocenters. The average Bonchev–Trinajstić information content (AvgIpc) is 4.02. The van der Waals surface area contributed by atoms with Gasteiger partial charge in [0.1, 0.15) is 30.4 Å². The minimum Gasteiger partial charge on any atom is -0.494 e. The number of nitrogens with zero attached hydrogens (tertiary/aromatic N) is 2. The molecule has 8 rings (SSSR count). The van der Waals surface area contributed by atoms with E-state index in [1.807, 2.05) is 13.8 Å². The third-order valence-corrected chi connectivity index (χ3v) is 19.7. The monoisotopic (exact) mass is 992 g/mol. The molecule has 370 valence electrons. The third kappa shape index (κ3) is 9.98. The van der Waals surface area contributed by atoms with E-state index in [1.54, 1.807) is 43.5 Å². The number of hydrogen-bond donors (Lipinski definition) is 2. The lowest BCUT2D eigenvalue weighted by Gasteiger charge is -2.34. The van der Waals surface area contributed by atoms with Crippen molar-refractivity contribution in [1.29, 1.82) is 0 Å². The SMILES string of the molecule is COc1nc(OC)c(NC(=O)c2ccc(Oc3c(C)cc4c(c3OCCOc3cccc(OC)c3NC(=O)c3ccc(Oc5c(C)cc6c(c5OC)[Si](C)(C)CCC6)o3)[Si](C)(C)CCC4)o2)c(OC)n1. The Kier molecular flexibility index (Phi) is 14.4. The maximum Gasteiger partial charge on any atom is 0.322 e. The number of aryl methyl sites for hydroxylation is 4. The molecular formula is C51H60N4O13Si2. The van der Waals surface area contributed by atoms with Crippen LogP contribution >= 0.6 is 0 Å². The zero-order valence-corrected chi connectivity index (χ0v) is 43.6. The fraction of sp³-hybridized carbons (Fsp3) is 0.373. The summed E-state index contributed by atoms with van der Waals surface area (Å²) in [6.07, 6.45) is 4.17. The van der Waals surface area contributed by atoms with Gasteiger partial charge in [0.2, 0.25) is 11.8 Å². The molecule has 0 saturated heterocycles. The summed E-state index contributed by atoms with van der Waals surface area (Å²) >= 11 is 0. The van der Waals surface area contributed by atoms with Crippen LogP contribution in [-0.4, -0.2) is 86.7 Å². The van der Waals surface area contributed by atoms with Crippen LogP contribution in [0.2, 0.25) is 38.3 Å². The van der Waals surface area contributed by atoms with E-state index in [1.165, 1.54) is 63.3 Å². The van der Waals surface area contributed by atoms with Gasteiger partial charge in [-0.2, -0.15) is 9.97 Å². The van der Waals surface area contributed by atoms with Gasteiger partial charge in [-0.05, 0) is 83.6 Å². The third-order valence-electron chi connectivity index (χ3n) is 12.7. The van der Waals surface area contributed by atoms with Crippen molar-refractivity contribution >= 4 is 49.7 Å². The minimum absolute atomic E-state index is 0.000441. The highest BCUT2D eigenvalue weighted by Gasteiger charge is 2.37. The molecule has 6 aromatic rings. The number of anilines is 2. The van der Waals surface area contributed by atoms with Crippen molar-refractivity contribution in [2.24, 2.45) is 0 Å². The number of aromatic nitrogens is 2. The minimum atomic E-state index is -2.02. The van der Waals surface area contributed by atoms with Crippen LogP contribution in [0.15, 0.2) is 63.4 Å². The highest BCUT2D eigenvalue weighted by Crippen LogP contribution is 2.43. The van der Waals surface area contributed by atoms with Crippen LogP contribution < -0.4 is 63.6 Å². The van der Waals surface area contributed by atoms with Crippen LogP contribution in [0.3, 0.4) is 0 Å². The molecule has 3 aromatic heterocycles. The summed E-state index contributed by atoms with van der Waals surface area (Å²) in [5.41, 5.74) is 4.71. The molecule has 0 unspecified atom stereocenters. The number of benzene rings is 3. The number of rotatable bonds is 18. The number of methoxy groups -OCH3 is 5. The molecule has 17 nitrogen and oxygen atoms in total. The van der Waals surface area contributed by atoms with Crippen molar-refractivity contribution in [1.82, 2.24) is 9.97 Å². The molecule has 70 heavy (non-hydrogen) atoms. The molecule has 2 aliphatic heterocycles. The molecule has 0 saturated carbocycles. The van der Waals surface area contributed by atoms with Crippen molar-refractivity contribution in [3.8, 4) is 64.2 Å². The van der Waals surface area contributed by atoms with Gasteiger partial charge < -0.3 is 62.1 Å². The van der Waals surface area contributed by atoms with Crippen LogP contribution in [0.1, 0.15) is 56.2 Å². The van der Waals surface area contributed by atoms with E-state index in [0.717, 1.165) is 47.4 Å². The molecule has 0 radical (unpaired) electrons. The van der Waals surface area contributed by atoms with Gasteiger partial charge in [0, 0.05) is 12.1 Å². The normalized spacial score (nSPS) is 14.3. The number of fused-ring (bicyclic) bond motifs is 2. The number of nitrogens with one attached hydrogen (secondary N) is 2. The van der Waals surface area contributed by atoms with Crippen molar-refractivity contribution in [2.45, 2.75) is 77.8 Å². The first-order valence-corrected chi connectivity index (χ1v) is 29.5. The van der Waals surface area contributed by atoms with Gasteiger partial charge >= 0.3 is 6.01 Å². The van der Waals surface area contributed by atoms with Crippen molar-refractivity contribution < 1.29 is 61.1 Å². The van der Waals surface area contributed by atoms with E-state index in [9.17, 15) is 9.59 Å². The quantitative estimate of drug-likeness (QED) is 0.0610. The largest absolute Gasteiger partial charge is 0.494 e.